The second kappa shape index (κ2) is 6.85. The van der Waals surface area contributed by atoms with Crippen LogP contribution in [0, 0.1) is 0 Å². The highest BCUT2D eigenvalue weighted by atomic mass is 16.1. The van der Waals surface area contributed by atoms with Crippen LogP contribution in [0.1, 0.15) is 43.6 Å². The number of carbonyl (C=O) groups is 1. The number of hydrazine groups is 1. The number of rotatable bonds is 6. The minimum atomic E-state index is -0.151. The number of amides is 1. The van der Waals surface area contributed by atoms with Crippen molar-refractivity contribution < 1.29 is 4.79 Å². The van der Waals surface area contributed by atoms with Gasteiger partial charge in [0, 0.05) is 6.04 Å². The number of nitrogens with one attached hydrogen (secondary N) is 2. The van der Waals surface area contributed by atoms with Crippen molar-refractivity contribution >= 4 is 11.7 Å². The Morgan fingerprint density at radius 3 is 2.82 bits per heavy atom. The van der Waals surface area contributed by atoms with E-state index in [0.717, 1.165) is 19.3 Å². The van der Waals surface area contributed by atoms with E-state index >= 15 is 0 Å². The predicted molar refractivity (Wildman–Crippen MR) is 68.5 cm³/mol. The largest absolute Gasteiger partial charge is 0.348 e. The molecule has 1 unspecified atom stereocenters. The zero-order valence-electron chi connectivity index (χ0n) is 10.4. The number of pyridine rings is 1. The van der Waals surface area contributed by atoms with E-state index in [4.69, 9.17) is 5.84 Å². The highest BCUT2D eigenvalue weighted by Gasteiger charge is 2.12. The molecule has 1 heterocycles. The van der Waals surface area contributed by atoms with Gasteiger partial charge in [-0.25, -0.2) is 10.8 Å². The highest BCUT2D eigenvalue weighted by Crippen LogP contribution is 2.06. The van der Waals surface area contributed by atoms with Gasteiger partial charge in [0.2, 0.25) is 0 Å². The first-order chi connectivity index (χ1) is 8.21. The van der Waals surface area contributed by atoms with Gasteiger partial charge in [0.1, 0.15) is 11.5 Å². The van der Waals surface area contributed by atoms with Gasteiger partial charge in [-0.1, -0.05) is 26.3 Å². The van der Waals surface area contributed by atoms with E-state index in [1.165, 1.54) is 0 Å². The van der Waals surface area contributed by atoms with Crippen molar-refractivity contribution in [3.05, 3.63) is 23.9 Å². The summed E-state index contributed by atoms with van der Waals surface area (Å²) in [5.41, 5.74) is 2.81. The van der Waals surface area contributed by atoms with Crippen molar-refractivity contribution in [2.45, 2.75) is 39.2 Å². The first kappa shape index (κ1) is 13.4. The molecule has 0 aliphatic rings. The van der Waals surface area contributed by atoms with Gasteiger partial charge < -0.3 is 10.7 Å². The minimum Gasteiger partial charge on any atom is -0.348 e. The third-order valence-corrected chi connectivity index (χ3v) is 2.59. The Bertz CT molecular complexity index is 367. The average molecular weight is 236 g/mol. The van der Waals surface area contributed by atoms with Gasteiger partial charge in [0.15, 0.2) is 0 Å². The maximum Gasteiger partial charge on any atom is 0.270 e. The molecule has 17 heavy (non-hydrogen) atoms. The molecule has 1 atom stereocenters. The van der Waals surface area contributed by atoms with Crippen LogP contribution >= 0.6 is 0 Å². The number of nitrogen functional groups attached to an aromatic ring is 1. The summed E-state index contributed by atoms with van der Waals surface area (Å²) in [6, 6.07) is 5.34. The van der Waals surface area contributed by atoms with E-state index in [1.54, 1.807) is 18.2 Å². The number of anilines is 1. The molecule has 0 aliphatic heterocycles. The smallest absolute Gasteiger partial charge is 0.270 e. The molecule has 1 amide bonds. The van der Waals surface area contributed by atoms with Crippen LogP contribution in [0.4, 0.5) is 5.82 Å². The van der Waals surface area contributed by atoms with Crippen LogP contribution in [-0.2, 0) is 0 Å². The second-order valence-electron chi connectivity index (χ2n) is 3.92. The molecule has 94 valence electrons. The second-order valence-corrected chi connectivity index (χ2v) is 3.92. The first-order valence-corrected chi connectivity index (χ1v) is 5.95. The van der Waals surface area contributed by atoms with Crippen LogP contribution in [0.25, 0.3) is 0 Å². The standard InChI is InChI=1S/C12H20N4O/c1-3-6-9(4-2)14-12(17)10-7-5-8-11(15-10)16-13/h5,7-9H,3-4,6,13H2,1-2H3,(H,14,17)(H,15,16). The Morgan fingerprint density at radius 1 is 1.47 bits per heavy atom. The van der Waals surface area contributed by atoms with E-state index in [1.807, 2.05) is 0 Å². The summed E-state index contributed by atoms with van der Waals surface area (Å²) >= 11 is 0. The fraction of sp³-hybridized carbons (Fsp3) is 0.500. The molecule has 1 aromatic rings. The summed E-state index contributed by atoms with van der Waals surface area (Å²) in [7, 11) is 0. The van der Waals surface area contributed by atoms with E-state index < -0.39 is 0 Å². The van der Waals surface area contributed by atoms with Crippen LogP contribution in [0.15, 0.2) is 18.2 Å². The maximum atomic E-state index is 11.9. The molecule has 1 aromatic heterocycles. The lowest BCUT2D eigenvalue weighted by molar-refractivity contribution is 0.0929. The molecule has 0 aliphatic carbocycles. The Morgan fingerprint density at radius 2 is 2.24 bits per heavy atom. The van der Waals surface area contributed by atoms with Crippen LogP contribution < -0.4 is 16.6 Å². The van der Waals surface area contributed by atoms with Crippen LogP contribution in [0.2, 0.25) is 0 Å². The van der Waals surface area contributed by atoms with Gasteiger partial charge in [-0.15, -0.1) is 0 Å². The average Bonchev–Trinajstić information content (AvgIpc) is 2.38. The molecule has 0 bridgehead atoms. The summed E-state index contributed by atoms with van der Waals surface area (Å²) in [5, 5.41) is 2.97. The molecular weight excluding hydrogens is 216 g/mol. The van der Waals surface area contributed by atoms with Crippen LogP contribution in [0.5, 0.6) is 0 Å². The van der Waals surface area contributed by atoms with Crippen molar-refractivity contribution in [2.75, 3.05) is 5.43 Å². The number of nitrogens with two attached hydrogens (primary N) is 1. The predicted octanol–water partition coefficient (Wildman–Crippen LogP) is 1.68. The summed E-state index contributed by atoms with van der Waals surface area (Å²) in [4.78, 5) is 16.0. The van der Waals surface area contributed by atoms with E-state index in [-0.39, 0.29) is 11.9 Å². The summed E-state index contributed by atoms with van der Waals surface area (Å²) in [6.07, 6.45) is 2.96. The molecule has 4 N–H and O–H groups in total. The number of hydrogen-bond acceptors (Lipinski definition) is 4. The third-order valence-electron chi connectivity index (χ3n) is 2.59. The van der Waals surface area contributed by atoms with E-state index in [0.29, 0.717) is 11.5 Å². The quantitative estimate of drug-likeness (QED) is 0.518. The van der Waals surface area contributed by atoms with Gasteiger partial charge in [-0.05, 0) is 25.0 Å². The summed E-state index contributed by atoms with van der Waals surface area (Å²) in [5.74, 6) is 5.59. The molecule has 1 rings (SSSR count). The SMILES string of the molecule is CCCC(CC)NC(=O)c1cccc(NN)n1. The van der Waals surface area contributed by atoms with Crippen molar-refractivity contribution in [1.29, 1.82) is 0 Å². The van der Waals surface area contributed by atoms with Gasteiger partial charge in [-0.3, -0.25) is 4.79 Å². The Kier molecular flexibility index (Phi) is 5.42. The Hall–Kier alpha value is -1.62. The molecule has 0 fully saturated rings. The monoisotopic (exact) mass is 236 g/mol. The number of hydrogen-bond donors (Lipinski definition) is 3. The van der Waals surface area contributed by atoms with Crippen molar-refractivity contribution in [1.82, 2.24) is 10.3 Å². The molecule has 5 nitrogen and oxygen atoms in total. The molecule has 0 aromatic carbocycles. The van der Waals surface area contributed by atoms with E-state index in [9.17, 15) is 4.79 Å². The topological polar surface area (TPSA) is 80.0 Å². The lowest BCUT2D eigenvalue weighted by Gasteiger charge is -2.15. The first-order valence-electron chi connectivity index (χ1n) is 5.95. The molecular formula is C12H20N4O. The van der Waals surface area contributed by atoms with E-state index in [2.05, 4.69) is 29.6 Å². The normalized spacial score (nSPS) is 11.9. The minimum absolute atomic E-state index is 0.151. The van der Waals surface area contributed by atoms with Crippen LogP contribution in [0.3, 0.4) is 0 Å². The number of nitrogens with zero attached hydrogens (tertiary/aromatic N) is 1. The Balaban J connectivity index is 2.68. The lowest BCUT2D eigenvalue weighted by atomic mass is 10.1. The van der Waals surface area contributed by atoms with Gasteiger partial charge in [0.05, 0.1) is 0 Å². The van der Waals surface area contributed by atoms with Crippen LogP contribution in [-0.4, -0.2) is 16.9 Å². The fourth-order valence-corrected chi connectivity index (χ4v) is 1.63. The third kappa shape index (κ3) is 4.03. The number of aromatic nitrogens is 1. The molecule has 0 spiro atoms. The van der Waals surface area contributed by atoms with Crippen molar-refractivity contribution in [2.24, 2.45) is 5.84 Å². The maximum absolute atomic E-state index is 11.9. The highest BCUT2D eigenvalue weighted by molar-refractivity contribution is 5.92. The molecule has 0 radical (unpaired) electrons. The summed E-state index contributed by atoms with van der Waals surface area (Å²) in [6.45, 7) is 4.16. The zero-order chi connectivity index (χ0) is 12.7. The Labute approximate surface area is 102 Å². The summed E-state index contributed by atoms with van der Waals surface area (Å²) < 4.78 is 0. The van der Waals surface area contributed by atoms with Gasteiger partial charge >= 0.3 is 0 Å². The van der Waals surface area contributed by atoms with Crippen molar-refractivity contribution in [3.63, 3.8) is 0 Å². The molecule has 0 saturated heterocycles. The van der Waals surface area contributed by atoms with Crippen molar-refractivity contribution in [3.8, 4) is 0 Å². The zero-order valence-corrected chi connectivity index (χ0v) is 10.4. The van der Waals surface area contributed by atoms with Gasteiger partial charge in [0.25, 0.3) is 5.91 Å². The lowest BCUT2D eigenvalue weighted by Crippen LogP contribution is -2.34. The number of carbonyl (C=O) groups excluding carboxylic acids is 1. The fourth-order valence-electron chi connectivity index (χ4n) is 1.63. The molecule has 0 saturated carbocycles. The molecule has 5 heteroatoms. The van der Waals surface area contributed by atoms with Gasteiger partial charge in [-0.2, -0.15) is 0 Å².